The van der Waals surface area contributed by atoms with Crippen LogP contribution in [0, 0.1) is 39.7 Å². The molecule has 1 saturated carbocycles. The smallest absolute Gasteiger partial charge is 0.283 e. The quantitative estimate of drug-likeness (QED) is 0.255. The summed E-state index contributed by atoms with van der Waals surface area (Å²) in [6, 6.07) is 2.25. The van der Waals surface area contributed by atoms with E-state index in [1.165, 1.54) is 24.5 Å². The Morgan fingerprint density at radius 3 is 2.59 bits per heavy atom. The van der Waals surface area contributed by atoms with Crippen molar-refractivity contribution in [3.8, 4) is 23.7 Å². The Morgan fingerprint density at radius 2 is 2.04 bits per heavy atom. The summed E-state index contributed by atoms with van der Waals surface area (Å²) in [6.07, 6.45) is 0.785. The van der Waals surface area contributed by atoms with Gasteiger partial charge in [-0.25, -0.2) is 5.48 Å². The van der Waals surface area contributed by atoms with Crippen molar-refractivity contribution in [3.05, 3.63) is 39.4 Å². The molecule has 1 aromatic carbocycles. The molecule has 2 atom stereocenters. The number of aliphatic hydroxyl groups excluding tert-OH is 1. The maximum atomic E-state index is 12.3. The van der Waals surface area contributed by atoms with Crippen molar-refractivity contribution in [1.29, 1.82) is 0 Å². The fourth-order valence-electron chi connectivity index (χ4n) is 2.12. The van der Waals surface area contributed by atoms with Gasteiger partial charge in [0.05, 0.1) is 11.0 Å². The molecule has 1 aliphatic carbocycles. The standard InChI is InChI=1S/C18H17N3O6/c1-11(22)16(18(24)20-25)19-17(23)14-9-8-13(10-15(14)21(26)27)5-3-2-4-12-6-7-12/h8-12,16,22,25H,6-7H2,1H3,(H,19,23)(H,20,24)/t11-,16+/m1/s1. The Hall–Kier alpha value is -3.40. The molecule has 0 saturated heterocycles. The molecule has 0 aliphatic heterocycles. The van der Waals surface area contributed by atoms with Crippen LogP contribution < -0.4 is 10.8 Å². The van der Waals surface area contributed by atoms with Gasteiger partial charge >= 0.3 is 0 Å². The van der Waals surface area contributed by atoms with Crippen LogP contribution in [-0.2, 0) is 4.79 Å². The highest BCUT2D eigenvalue weighted by Gasteiger charge is 2.28. The Balaban J connectivity index is 2.24. The highest BCUT2D eigenvalue weighted by atomic mass is 16.6. The Bertz CT molecular complexity index is 884. The zero-order chi connectivity index (χ0) is 20.0. The first-order valence-electron chi connectivity index (χ1n) is 8.06. The third-order valence-corrected chi connectivity index (χ3v) is 3.72. The van der Waals surface area contributed by atoms with Crippen molar-refractivity contribution in [3.63, 3.8) is 0 Å². The molecule has 1 fully saturated rings. The van der Waals surface area contributed by atoms with Gasteiger partial charge in [0.1, 0.15) is 11.6 Å². The van der Waals surface area contributed by atoms with Gasteiger partial charge in [0.25, 0.3) is 17.5 Å². The minimum atomic E-state index is -1.49. The SMILES string of the molecule is C[C@@H](O)[C@H](NC(=O)c1ccc(C#CC#CC2CC2)cc1[N+](=O)[O-])C(=O)NO. The summed E-state index contributed by atoms with van der Waals surface area (Å²) >= 11 is 0. The number of aliphatic hydroxyl groups is 1. The lowest BCUT2D eigenvalue weighted by molar-refractivity contribution is -0.385. The van der Waals surface area contributed by atoms with E-state index in [1.807, 2.05) is 0 Å². The Morgan fingerprint density at radius 1 is 1.33 bits per heavy atom. The molecule has 2 amide bonds. The van der Waals surface area contributed by atoms with Crippen molar-refractivity contribution >= 4 is 17.5 Å². The molecular weight excluding hydrogens is 354 g/mol. The maximum absolute atomic E-state index is 12.3. The number of benzene rings is 1. The van der Waals surface area contributed by atoms with Crippen LogP contribution in [0.2, 0.25) is 0 Å². The normalized spacial score (nSPS) is 14.5. The van der Waals surface area contributed by atoms with Crippen LogP contribution in [0.15, 0.2) is 18.2 Å². The molecule has 0 bridgehead atoms. The Labute approximate surface area is 154 Å². The monoisotopic (exact) mass is 371 g/mol. The first kappa shape index (κ1) is 19.9. The predicted octanol–water partition coefficient (Wildman–Crippen LogP) is 0.344. The number of hydroxylamine groups is 1. The number of hydrogen-bond acceptors (Lipinski definition) is 6. The number of amides is 2. The third kappa shape index (κ3) is 5.54. The summed E-state index contributed by atoms with van der Waals surface area (Å²) in [4.78, 5) is 34.3. The van der Waals surface area contributed by atoms with E-state index in [1.54, 1.807) is 0 Å². The summed E-state index contributed by atoms with van der Waals surface area (Å²) < 4.78 is 0. The average Bonchev–Trinajstić information content (AvgIpc) is 3.46. The van der Waals surface area contributed by atoms with Gasteiger partial charge in [-0.1, -0.05) is 11.8 Å². The van der Waals surface area contributed by atoms with Crippen molar-refractivity contribution in [2.45, 2.75) is 31.9 Å². The molecule has 1 aliphatic rings. The highest BCUT2D eigenvalue weighted by Crippen LogP contribution is 2.27. The lowest BCUT2D eigenvalue weighted by atomic mass is 10.1. The fourth-order valence-corrected chi connectivity index (χ4v) is 2.12. The van der Waals surface area contributed by atoms with Gasteiger partial charge < -0.3 is 10.4 Å². The Kier molecular flexibility index (Phi) is 6.50. The predicted molar refractivity (Wildman–Crippen MR) is 93.3 cm³/mol. The number of nitro groups is 1. The van der Waals surface area contributed by atoms with Gasteiger partial charge in [-0.05, 0) is 43.7 Å². The zero-order valence-corrected chi connectivity index (χ0v) is 14.4. The summed E-state index contributed by atoms with van der Waals surface area (Å²) in [7, 11) is 0. The number of nitrogens with zero attached hydrogens (tertiary/aromatic N) is 1. The minimum Gasteiger partial charge on any atom is -0.391 e. The summed E-state index contributed by atoms with van der Waals surface area (Å²) in [5.74, 6) is 9.28. The van der Waals surface area contributed by atoms with Crippen LogP contribution >= 0.6 is 0 Å². The molecule has 1 aromatic rings. The molecule has 27 heavy (non-hydrogen) atoms. The second kappa shape index (κ2) is 8.81. The van der Waals surface area contributed by atoms with Gasteiger partial charge in [-0.15, -0.1) is 0 Å². The molecule has 9 heteroatoms. The molecule has 4 N–H and O–H groups in total. The molecule has 0 radical (unpaired) electrons. The van der Waals surface area contributed by atoms with E-state index >= 15 is 0 Å². The number of carbonyl (C=O) groups excluding carboxylic acids is 2. The molecule has 9 nitrogen and oxygen atoms in total. The van der Waals surface area contributed by atoms with Crippen molar-refractivity contribution in [1.82, 2.24) is 10.8 Å². The number of nitrogens with one attached hydrogen (secondary N) is 2. The third-order valence-electron chi connectivity index (χ3n) is 3.72. The molecule has 0 spiro atoms. The second-order valence-corrected chi connectivity index (χ2v) is 5.95. The van der Waals surface area contributed by atoms with E-state index in [0.29, 0.717) is 11.5 Å². The van der Waals surface area contributed by atoms with E-state index < -0.39 is 34.6 Å². The van der Waals surface area contributed by atoms with Crippen LogP contribution in [0.5, 0.6) is 0 Å². The molecule has 2 rings (SSSR count). The topological polar surface area (TPSA) is 142 Å². The first-order valence-corrected chi connectivity index (χ1v) is 8.06. The number of nitro benzene ring substituents is 1. The van der Waals surface area contributed by atoms with E-state index in [-0.39, 0.29) is 5.56 Å². The average molecular weight is 371 g/mol. The van der Waals surface area contributed by atoms with Crippen molar-refractivity contribution in [2.24, 2.45) is 5.92 Å². The number of rotatable bonds is 5. The molecular formula is C18H17N3O6. The van der Waals surface area contributed by atoms with Gasteiger partial charge in [-0.3, -0.25) is 24.9 Å². The lowest BCUT2D eigenvalue weighted by Crippen LogP contribution is -2.51. The molecule has 0 heterocycles. The zero-order valence-electron chi connectivity index (χ0n) is 14.4. The van der Waals surface area contributed by atoms with E-state index in [4.69, 9.17) is 5.21 Å². The minimum absolute atomic E-state index is 0.309. The van der Waals surface area contributed by atoms with E-state index in [2.05, 4.69) is 29.0 Å². The largest absolute Gasteiger partial charge is 0.391 e. The molecule has 0 aromatic heterocycles. The summed E-state index contributed by atoms with van der Waals surface area (Å²) in [6.45, 7) is 1.22. The fraction of sp³-hybridized carbons (Fsp3) is 0.333. The van der Waals surface area contributed by atoms with Gasteiger partial charge in [0.2, 0.25) is 0 Å². The van der Waals surface area contributed by atoms with Crippen molar-refractivity contribution in [2.75, 3.05) is 0 Å². The molecule has 0 unspecified atom stereocenters. The number of hydrogen-bond donors (Lipinski definition) is 4. The van der Waals surface area contributed by atoms with Crippen LogP contribution in [-0.4, -0.2) is 39.2 Å². The summed E-state index contributed by atoms with van der Waals surface area (Å²) in [5.41, 5.74) is 0.796. The lowest BCUT2D eigenvalue weighted by Gasteiger charge is -2.19. The van der Waals surface area contributed by atoms with E-state index in [0.717, 1.165) is 18.9 Å². The summed E-state index contributed by atoms with van der Waals surface area (Å²) in [5, 5.41) is 31.6. The van der Waals surface area contributed by atoms with Gasteiger partial charge in [0.15, 0.2) is 0 Å². The molecule has 140 valence electrons. The van der Waals surface area contributed by atoms with Crippen LogP contribution in [0.25, 0.3) is 0 Å². The second-order valence-electron chi connectivity index (χ2n) is 5.95. The van der Waals surface area contributed by atoms with Crippen LogP contribution in [0.4, 0.5) is 5.69 Å². The van der Waals surface area contributed by atoms with Crippen molar-refractivity contribution < 1.29 is 24.8 Å². The first-order chi connectivity index (χ1) is 12.8. The number of carbonyl (C=O) groups is 2. The highest BCUT2D eigenvalue weighted by molar-refractivity contribution is 6.00. The van der Waals surface area contributed by atoms with E-state index in [9.17, 15) is 24.8 Å². The van der Waals surface area contributed by atoms with Crippen LogP contribution in [0.3, 0.4) is 0 Å². The maximum Gasteiger partial charge on any atom is 0.283 e. The van der Waals surface area contributed by atoms with Gasteiger partial charge in [-0.2, -0.15) is 0 Å². The van der Waals surface area contributed by atoms with Crippen LogP contribution in [0.1, 0.15) is 35.7 Å². The van der Waals surface area contributed by atoms with Gasteiger partial charge in [0, 0.05) is 17.5 Å².